The number of carbonyl (C=O) groups excluding carboxylic acids is 2. The first-order valence-electron chi connectivity index (χ1n) is 10.0. The molecule has 0 amide bonds. The minimum atomic E-state index is -0.503. The number of methoxy groups -OCH3 is 1. The van der Waals surface area contributed by atoms with Crippen LogP contribution in [-0.4, -0.2) is 52.1 Å². The van der Waals surface area contributed by atoms with E-state index in [0.717, 1.165) is 25.7 Å². The van der Waals surface area contributed by atoms with Gasteiger partial charge in [-0.1, -0.05) is 12.8 Å². The summed E-state index contributed by atoms with van der Waals surface area (Å²) < 4.78 is 26.4. The molecule has 0 aliphatic carbocycles. The molecular weight excluding hydrogens is 378 g/mol. The number of hydrogen-bond acceptors (Lipinski definition) is 8. The van der Waals surface area contributed by atoms with Crippen LogP contribution in [0.2, 0.25) is 0 Å². The molecule has 0 aromatic heterocycles. The lowest BCUT2D eigenvalue weighted by molar-refractivity contribution is -0.143. The van der Waals surface area contributed by atoms with Gasteiger partial charge in [0.15, 0.2) is 11.5 Å². The SMILES string of the molecule is CCOC(=O)CCCCCCOc1cc(C(=O)OCC)c(N)cc1OCCOC. The van der Waals surface area contributed by atoms with Gasteiger partial charge in [-0.2, -0.15) is 0 Å². The Bertz CT molecular complexity index is 634. The van der Waals surface area contributed by atoms with E-state index in [2.05, 4.69) is 0 Å². The topological polar surface area (TPSA) is 106 Å². The molecule has 8 heteroatoms. The van der Waals surface area contributed by atoms with Gasteiger partial charge >= 0.3 is 11.9 Å². The monoisotopic (exact) mass is 411 g/mol. The van der Waals surface area contributed by atoms with Crippen LogP contribution in [0.1, 0.15) is 56.3 Å². The minimum Gasteiger partial charge on any atom is -0.490 e. The van der Waals surface area contributed by atoms with Crippen LogP contribution in [0.4, 0.5) is 5.69 Å². The first-order chi connectivity index (χ1) is 14.0. The Kier molecular flexibility index (Phi) is 12.3. The zero-order chi connectivity index (χ0) is 21.5. The Balaban J connectivity index is 2.60. The second kappa shape index (κ2) is 14.5. The molecule has 0 radical (unpaired) electrons. The maximum Gasteiger partial charge on any atom is 0.340 e. The van der Waals surface area contributed by atoms with Crippen LogP contribution in [0.5, 0.6) is 11.5 Å². The summed E-state index contributed by atoms with van der Waals surface area (Å²) in [5, 5.41) is 0. The van der Waals surface area contributed by atoms with E-state index < -0.39 is 5.97 Å². The van der Waals surface area contributed by atoms with Gasteiger partial charge in [-0.15, -0.1) is 0 Å². The highest BCUT2D eigenvalue weighted by atomic mass is 16.5. The summed E-state index contributed by atoms with van der Waals surface area (Å²) in [6, 6.07) is 3.12. The second-order valence-electron chi connectivity index (χ2n) is 6.27. The van der Waals surface area contributed by atoms with Crippen molar-refractivity contribution < 1.29 is 33.3 Å². The summed E-state index contributed by atoms with van der Waals surface area (Å²) in [6.07, 6.45) is 3.86. The fraction of sp³-hybridized carbons (Fsp3) is 0.619. The molecule has 2 N–H and O–H groups in total. The number of ether oxygens (including phenoxy) is 5. The first-order valence-corrected chi connectivity index (χ1v) is 10.0. The van der Waals surface area contributed by atoms with Crippen molar-refractivity contribution in [3.05, 3.63) is 17.7 Å². The van der Waals surface area contributed by atoms with E-state index in [1.807, 2.05) is 0 Å². The standard InChI is InChI=1S/C21H33NO7/c1-4-26-20(23)10-8-6-7-9-11-28-18-14-16(21(24)27-5-2)17(22)15-19(18)29-13-12-25-3/h14-15H,4-13,22H2,1-3H3. The van der Waals surface area contributed by atoms with E-state index in [9.17, 15) is 9.59 Å². The molecular formula is C21H33NO7. The van der Waals surface area contributed by atoms with Crippen molar-refractivity contribution >= 4 is 17.6 Å². The fourth-order valence-electron chi connectivity index (χ4n) is 2.56. The Morgan fingerprint density at radius 3 is 2.21 bits per heavy atom. The molecule has 0 saturated carbocycles. The summed E-state index contributed by atoms with van der Waals surface area (Å²) in [7, 11) is 1.58. The van der Waals surface area contributed by atoms with E-state index >= 15 is 0 Å². The van der Waals surface area contributed by atoms with E-state index in [4.69, 9.17) is 29.4 Å². The van der Waals surface area contributed by atoms with Gasteiger partial charge in [0.25, 0.3) is 0 Å². The maximum absolute atomic E-state index is 12.1. The van der Waals surface area contributed by atoms with Crippen molar-refractivity contribution in [2.45, 2.75) is 46.0 Å². The smallest absolute Gasteiger partial charge is 0.340 e. The molecule has 0 fully saturated rings. The van der Waals surface area contributed by atoms with Gasteiger partial charge < -0.3 is 29.4 Å². The maximum atomic E-state index is 12.1. The van der Waals surface area contributed by atoms with Crippen LogP contribution in [0, 0.1) is 0 Å². The van der Waals surface area contributed by atoms with Crippen LogP contribution in [0.15, 0.2) is 12.1 Å². The highest BCUT2D eigenvalue weighted by Crippen LogP contribution is 2.33. The number of unbranched alkanes of at least 4 members (excludes halogenated alkanes) is 3. The third-order valence-corrected chi connectivity index (χ3v) is 3.99. The summed E-state index contributed by atoms with van der Waals surface area (Å²) in [5.74, 6) is 0.229. The highest BCUT2D eigenvalue weighted by Gasteiger charge is 2.17. The molecule has 1 rings (SSSR count). The Morgan fingerprint density at radius 2 is 1.52 bits per heavy atom. The van der Waals surface area contributed by atoms with Gasteiger partial charge in [0, 0.05) is 25.7 Å². The summed E-state index contributed by atoms with van der Waals surface area (Å²) in [4.78, 5) is 23.4. The number of nitrogens with two attached hydrogens (primary N) is 1. The molecule has 164 valence electrons. The van der Waals surface area contributed by atoms with E-state index in [-0.39, 0.29) is 23.8 Å². The van der Waals surface area contributed by atoms with Gasteiger partial charge in [0.1, 0.15) is 6.61 Å². The molecule has 0 atom stereocenters. The van der Waals surface area contributed by atoms with E-state index in [0.29, 0.717) is 44.3 Å². The number of esters is 2. The molecule has 29 heavy (non-hydrogen) atoms. The zero-order valence-electron chi connectivity index (χ0n) is 17.7. The number of anilines is 1. The summed E-state index contributed by atoms with van der Waals surface area (Å²) in [5.41, 5.74) is 6.49. The van der Waals surface area contributed by atoms with Crippen molar-refractivity contribution in [2.24, 2.45) is 0 Å². The molecule has 0 spiro atoms. The van der Waals surface area contributed by atoms with Gasteiger partial charge in [-0.25, -0.2) is 4.79 Å². The van der Waals surface area contributed by atoms with Gasteiger partial charge in [-0.05, 0) is 26.7 Å². The quantitative estimate of drug-likeness (QED) is 0.266. The normalized spacial score (nSPS) is 10.4. The van der Waals surface area contributed by atoms with Crippen molar-refractivity contribution in [1.82, 2.24) is 0 Å². The van der Waals surface area contributed by atoms with Crippen LogP contribution in [0.3, 0.4) is 0 Å². The molecule has 8 nitrogen and oxygen atoms in total. The average molecular weight is 411 g/mol. The van der Waals surface area contributed by atoms with Gasteiger partial charge in [0.2, 0.25) is 0 Å². The number of rotatable bonds is 15. The van der Waals surface area contributed by atoms with Crippen LogP contribution < -0.4 is 15.2 Å². The second-order valence-corrected chi connectivity index (χ2v) is 6.27. The van der Waals surface area contributed by atoms with Crippen LogP contribution in [-0.2, 0) is 19.0 Å². The van der Waals surface area contributed by atoms with Crippen molar-refractivity contribution in [3.8, 4) is 11.5 Å². The largest absolute Gasteiger partial charge is 0.490 e. The minimum absolute atomic E-state index is 0.157. The lowest BCUT2D eigenvalue weighted by atomic mass is 10.1. The first kappa shape index (κ1) is 24.6. The number of benzene rings is 1. The fourth-order valence-corrected chi connectivity index (χ4v) is 2.56. The van der Waals surface area contributed by atoms with Gasteiger partial charge in [-0.3, -0.25) is 4.79 Å². The molecule has 1 aromatic carbocycles. The molecule has 0 bridgehead atoms. The summed E-state index contributed by atoms with van der Waals surface area (Å²) in [6.45, 7) is 5.40. The van der Waals surface area contributed by atoms with Crippen molar-refractivity contribution in [3.63, 3.8) is 0 Å². The zero-order valence-corrected chi connectivity index (χ0v) is 17.7. The Labute approximate surface area is 172 Å². The average Bonchev–Trinajstić information content (AvgIpc) is 2.69. The third-order valence-electron chi connectivity index (χ3n) is 3.99. The molecule has 0 heterocycles. The Hall–Kier alpha value is -2.48. The molecule has 0 saturated heterocycles. The number of carbonyl (C=O) groups is 2. The molecule has 0 aliphatic heterocycles. The van der Waals surface area contributed by atoms with Crippen LogP contribution in [0.25, 0.3) is 0 Å². The predicted molar refractivity (Wildman–Crippen MR) is 109 cm³/mol. The Morgan fingerprint density at radius 1 is 0.862 bits per heavy atom. The number of hydrogen-bond donors (Lipinski definition) is 1. The van der Waals surface area contributed by atoms with Crippen molar-refractivity contribution in [2.75, 3.05) is 45.9 Å². The lowest BCUT2D eigenvalue weighted by Gasteiger charge is -2.15. The molecule has 0 aliphatic rings. The summed E-state index contributed by atoms with van der Waals surface area (Å²) >= 11 is 0. The van der Waals surface area contributed by atoms with E-state index in [1.165, 1.54) is 0 Å². The van der Waals surface area contributed by atoms with Gasteiger partial charge in [0.05, 0.1) is 37.7 Å². The van der Waals surface area contributed by atoms with E-state index in [1.54, 1.807) is 33.1 Å². The number of nitrogen functional groups attached to an aromatic ring is 1. The lowest BCUT2D eigenvalue weighted by Crippen LogP contribution is -2.11. The van der Waals surface area contributed by atoms with Crippen LogP contribution >= 0.6 is 0 Å². The molecule has 0 unspecified atom stereocenters. The van der Waals surface area contributed by atoms with Crippen molar-refractivity contribution in [1.29, 1.82) is 0 Å². The highest BCUT2D eigenvalue weighted by molar-refractivity contribution is 5.96. The molecule has 1 aromatic rings. The predicted octanol–water partition coefficient (Wildman–Crippen LogP) is 3.36. The third kappa shape index (κ3) is 9.51.